The van der Waals surface area contributed by atoms with E-state index >= 15 is 0 Å². The Morgan fingerprint density at radius 1 is 1.28 bits per heavy atom. The van der Waals surface area contributed by atoms with Gasteiger partial charge in [-0.15, -0.1) is 11.3 Å². The van der Waals surface area contributed by atoms with Crippen molar-refractivity contribution in [1.82, 2.24) is 4.98 Å². The van der Waals surface area contributed by atoms with E-state index in [0.717, 1.165) is 23.5 Å². The van der Waals surface area contributed by atoms with Crippen LogP contribution in [0.4, 0.5) is 13.2 Å². The molecule has 2 aromatic rings. The van der Waals surface area contributed by atoms with Crippen LogP contribution in [0.15, 0.2) is 12.1 Å². The molecule has 0 aliphatic heterocycles. The van der Waals surface area contributed by atoms with E-state index < -0.39 is 23.4 Å². The van der Waals surface area contributed by atoms with E-state index in [1.807, 2.05) is 0 Å². The van der Waals surface area contributed by atoms with Gasteiger partial charge in [0.05, 0.1) is 5.69 Å². The van der Waals surface area contributed by atoms with E-state index in [-0.39, 0.29) is 21.1 Å². The minimum Gasteiger partial charge on any atom is -0.477 e. The maximum atomic E-state index is 13.0. The number of aromatic carboxylic acids is 1. The molecule has 1 aromatic carbocycles. The largest absolute Gasteiger partial charge is 0.477 e. The first-order valence-electron chi connectivity index (χ1n) is 4.75. The molecule has 0 spiro atoms. The second-order valence-electron chi connectivity index (χ2n) is 3.49. The Labute approximate surface area is 104 Å². The van der Waals surface area contributed by atoms with Crippen molar-refractivity contribution in [3.05, 3.63) is 40.2 Å². The molecule has 3 nitrogen and oxygen atoms in total. The number of carboxylic acid groups (broad SMARTS) is 1. The molecule has 0 aliphatic carbocycles. The number of aromatic nitrogens is 1. The first-order chi connectivity index (χ1) is 8.40. The summed E-state index contributed by atoms with van der Waals surface area (Å²) in [6.45, 7) is 1.47. The highest BCUT2D eigenvalue weighted by atomic mass is 32.1. The fourth-order valence-corrected chi connectivity index (χ4v) is 2.29. The molecule has 18 heavy (non-hydrogen) atoms. The molecule has 0 saturated carbocycles. The van der Waals surface area contributed by atoms with Crippen molar-refractivity contribution >= 4 is 17.3 Å². The molecule has 0 fully saturated rings. The lowest BCUT2D eigenvalue weighted by Crippen LogP contribution is -1.94. The molecule has 0 unspecified atom stereocenters. The number of rotatable bonds is 2. The Morgan fingerprint density at radius 3 is 2.28 bits per heavy atom. The van der Waals surface area contributed by atoms with E-state index in [2.05, 4.69) is 4.98 Å². The van der Waals surface area contributed by atoms with Crippen molar-refractivity contribution in [1.29, 1.82) is 0 Å². The topological polar surface area (TPSA) is 50.2 Å². The average molecular weight is 273 g/mol. The SMILES string of the molecule is Cc1nc(-c2cc(F)c(F)c(F)c2)sc1C(=O)O. The molecule has 1 N–H and O–H groups in total. The quantitative estimate of drug-likeness (QED) is 0.854. The van der Waals surface area contributed by atoms with E-state index in [1.165, 1.54) is 6.92 Å². The molecule has 0 bridgehead atoms. The van der Waals surface area contributed by atoms with E-state index in [4.69, 9.17) is 5.11 Å². The fraction of sp³-hybridized carbons (Fsp3) is 0.0909. The van der Waals surface area contributed by atoms with Crippen molar-refractivity contribution in [3.63, 3.8) is 0 Å². The Kier molecular flexibility index (Phi) is 3.08. The van der Waals surface area contributed by atoms with Gasteiger partial charge in [0.25, 0.3) is 0 Å². The summed E-state index contributed by atoms with van der Waals surface area (Å²) in [4.78, 5) is 14.7. The van der Waals surface area contributed by atoms with Gasteiger partial charge in [-0.2, -0.15) is 0 Å². The lowest BCUT2D eigenvalue weighted by Gasteiger charge is -1.99. The first kappa shape index (κ1) is 12.6. The normalized spacial score (nSPS) is 10.7. The lowest BCUT2D eigenvalue weighted by atomic mass is 10.2. The van der Waals surface area contributed by atoms with Crippen LogP contribution in [0.25, 0.3) is 10.6 Å². The molecule has 2 rings (SSSR count). The van der Waals surface area contributed by atoms with E-state index in [9.17, 15) is 18.0 Å². The molecule has 7 heteroatoms. The van der Waals surface area contributed by atoms with Gasteiger partial charge < -0.3 is 5.11 Å². The van der Waals surface area contributed by atoms with Gasteiger partial charge in [-0.3, -0.25) is 0 Å². The van der Waals surface area contributed by atoms with Gasteiger partial charge in [0.2, 0.25) is 0 Å². The Bertz CT molecular complexity index is 616. The van der Waals surface area contributed by atoms with E-state index in [0.29, 0.717) is 0 Å². The first-order valence-corrected chi connectivity index (χ1v) is 5.57. The van der Waals surface area contributed by atoms with Crippen LogP contribution in [-0.2, 0) is 0 Å². The van der Waals surface area contributed by atoms with Gasteiger partial charge in [-0.25, -0.2) is 22.9 Å². The van der Waals surface area contributed by atoms with Crippen LogP contribution in [0, 0.1) is 24.4 Å². The van der Waals surface area contributed by atoms with Gasteiger partial charge in [0.1, 0.15) is 9.88 Å². The standard InChI is InChI=1S/C11H6F3NO2S/c1-4-9(11(16)17)18-10(15-4)5-2-6(12)8(14)7(13)3-5/h2-3H,1H3,(H,16,17). The number of thiazole rings is 1. The highest BCUT2D eigenvalue weighted by Gasteiger charge is 2.18. The second-order valence-corrected chi connectivity index (χ2v) is 4.49. The second kappa shape index (κ2) is 4.41. The molecule has 0 radical (unpaired) electrons. The van der Waals surface area contributed by atoms with Crippen LogP contribution in [0.3, 0.4) is 0 Å². The Balaban J connectivity index is 2.56. The maximum Gasteiger partial charge on any atom is 0.347 e. The molecule has 0 amide bonds. The third kappa shape index (κ3) is 2.08. The van der Waals surface area contributed by atoms with Crippen molar-refractivity contribution in [2.24, 2.45) is 0 Å². The third-order valence-electron chi connectivity index (χ3n) is 2.22. The van der Waals surface area contributed by atoms with Crippen LogP contribution in [-0.4, -0.2) is 16.1 Å². The van der Waals surface area contributed by atoms with Crippen LogP contribution >= 0.6 is 11.3 Å². The van der Waals surface area contributed by atoms with E-state index in [1.54, 1.807) is 0 Å². The summed E-state index contributed by atoms with van der Waals surface area (Å²) >= 11 is 0.778. The zero-order valence-corrected chi connectivity index (χ0v) is 9.82. The lowest BCUT2D eigenvalue weighted by molar-refractivity contribution is 0.0701. The molecule has 0 saturated heterocycles. The number of nitrogens with zero attached hydrogens (tertiary/aromatic N) is 1. The molecular formula is C11H6F3NO2S. The minimum atomic E-state index is -1.56. The smallest absolute Gasteiger partial charge is 0.347 e. The maximum absolute atomic E-state index is 13.0. The molecule has 1 aromatic heterocycles. The molecule has 0 atom stereocenters. The van der Waals surface area contributed by atoms with Crippen molar-refractivity contribution in [3.8, 4) is 10.6 Å². The summed E-state index contributed by atoms with van der Waals surface area (Å²) in [7, 11) is 0. The summed E-state index contributed by atoms with van der Waals surface area (Å²) in [6, 6.07) is 1.56. The molecular weight excluding hydrogens is 267 g/mol. The highest BCUT2D eigenvalue weighted by Crippen LogP contribution is 2.29. The highest BCUT2D eigenvalue weighted by molar-refractivity contribution is 7.17. The summed E-state index contributed by atoms with van der Waals surface area (Å²) in [5, 5.41) is 8.97. The molecule has 1 heterocycles. The zero-order chi connectivity index (χ0) is 13.4. The Morgan fingerprint density at radius 2 is 1.83 bits per heavy atom. The van der Waals surface area contributed by atoms with Crippen molar-refractivity contribution in [2.45, 2.75) is 6.92 Å². The van der Waals surface area contributed by atoms with Gasteiger partial charge in [0, 0.05) is 5.56 Å². The van der Waals surface area contributed by atoms with Gasteiger partial charge in [0.15, 0.2) is 17.5 Å². The number of carboxylic acids is 1. The summed E-state index contributed by atoms with van der Waals surface area (Å²) < 4.78 is 38.9. The number of aryl methyl sites for hydroxylation is 1. The molecule has 0 aliphatic rings. The summed E-state index contributed by atoms with van der Waals surface area (Å²) in [5.41, 5.74) is 0.250. The number of hydrogen-bond donors (Lipinski definition) is 1. The monoisotopic (exact) mass is 273 g/mol. The predicted molar refractivity (Wildman–Crippen MR) is 59.1 cm³/mol. The minimum absolute atomic E-state index is 0.00648. The molecule has 94 valence electrons. The van der Waals surface area contributed by atoms with Crippen LogP contribution in [0.2, 0.25) is 0 Å². The van der Waals surface area contributed by atoms with Gasteiger partial charge in [-0.05, 0) is 19.1 Å². The average Bonchev–Trinajstić information content (AvgIpc) is 2.67. The number of benzene rings is 1. The summed E-state index contributed by atoms with van der Waals surface area (Å²) in [5.74, 6) is -5.41. The van der Waals surface area contributed by atoms with Crippen molar-refractivity contribution in [2.75, 3.05) is 0 Å². The zero-order valence-electron chi connectivity index (χ0n) is 9.00. The predicted octanol–water partition coefficient (Wildman–Crippen LogP) is 3.23. The summed E-state index contributed by atoms with van der Waals surface area (Å²) in [6.07, 6.45) is 0. The fourth-order valence-electron chi connectivity index (χ4n) is 1.40. The number of halogens is 3. The number of hydrogen-bond acceptors (Lipinski definition) is 3. The van der Waals surface area contributed by atoms with Gasteiger partial charge in [-0.1, -0.05) is 0 Å². The van der Waals surface area contributed by atoms with Crippen molar-refractivity contribution < 1.29 is 23.1 Å². The van der Waals surface area contributed by atoms with Crippen LogP contribution < -0.4 is 0 Å². The third-order valence-corrected chi connectivity index (χ3v) is 3.42. The van der Waals surface area contributed by atoms with Crippen LogP contribution in [0.1, 0.15) is 15.4 Å². The van der Waals surface area contributed by atoms with Gasteiger partial charge >= 0.3 is 5.97 Å². The van der Waals surface area contributed by atoms with Crippen LogP contribution in [0.5, 0.6) is 0 Å². The Hall–Kier alpha value is -1.89. The number of carbonyl (C=O) groups is 1.